The molecular formula is C24H28O6S2. The van der Waals surface area contributed by atoms with E-state index in [1.54, 1.807) is 26.0 Å². The average Bonchev–Trinajstić information content (AvgIpc) is 2.76. The minimum absolute atomic E-state index is 0.0462. The number of Topliss-reactive ketones (excluding diaryl/α,β-unsaturated/α-hetero) is 2. The Balaban J connectivity index is 1.96. The molecule has 6 nitrogen and oxygen atoms in total. The number of benzene rings is 1. The Morgan fingerprint density at radius 3 is 2.44 bits per heavy atom. The highest BCUT2D eigenvalue weighted by Crippen LogP contribution is 2.32. The lowest BCUT2D eigenvalue weighted by Gasteiger charge is -2.24. The van der Waals surface area contributed by atoms with Crippen molar-refractivity contribution >= 4 is 37.3 Å². The molecule has 0 radical (unpaired) electrons. The number of fused-ring (bicyclic) bond motifs is 1. The van der Waals surface area contributed by atoms with Crippen LogP contribution in [-0.2, 0) is 35.7 Å². The maximum absolute atomic E-state index is 13.1. The highest BCUT2D eigenvalue weighted by molar-refractivity contribution is 7.93. The molecule has 3 rings (SSSR count). The second-order valence-corrected chi connectivity index (χ2v) is 12.8. The van der Waals surface area contributed by atoms with Crippen LogP contribution in [0.15, 0.2) is 52.5 Å². The maximum Gasteiger partial charge on any atom is 0.185 e. The molecule has 1 aromatic rings. The summed E-state index contributed by atoms with van der Waals surface area (Å²) in [5, 5.41) is -1.98. The summed E-state index contributed by atoms with van der Waals surface area (Å²) in [6.45, 7) is 5.24. The molecule has 0 saturated heterocycles. The summed E-state index contributed by atoms with van der Waals surface area (Å²) in [4.78, 5) is 26.1. The van der Waals surface area contributed by atoms with Gasteiger partial charge in [-0.15, -0.1) is 0 Å². The number of carbonyl (C=O) groups excluding carboxylic acids is 2. The molecule has 0 saturated carbocycles. The summed E-state index contributed by atoms with van der Waals surface area (Å²) in [6, 6.07) is 4.68. The fourth-order valence-corrected chi connectivity index (χ4v) is 6.99. The van der Waals surface area contributed by atoms with E-state index in [0.717, 1.165) is 6.42 Å². The van der Waals surface area contributed by atoms with Crippen molar-refractivity contribution in [2.45, 2.75) is 61.8 Å². The average molecular weight is 477 g/mol. The lowest BCUT2D eigenvalue weighted by atomic mass is 9.84. The first kappa shape index (κ1) is 24.3. The lowest BCUT2D eigenvalue weighted by molar-refractivity contribution is -0.117. The van der Waals surface area contributed by atoms with Crippen LogP contribution in [0.2, 0.25) is 0 Å². The number of carbonyl (C=O) groups is 2. The molecule has 32 heavy (non-hydrogen) atoms. The summed E-state index contributed by atoms with van der Waals surface area (Å²) in [5.41, 5.74) is 1.48. The van der Waals surface area contributed by atoms with Crippen molar-refractivity contribution in [2.24, 2.45) is 0 Å². The van der Waals surface area contributed by atoms with Crippen LogP contribution in [0.4, 0.5) is 0 Å². The Morgan fingerprint density at radius 1 is 1.06 bits per heavy atom. The van der Waals surface area contributed by atoms with Gasteiger partial charge in [0, 0.05) is 17.6 Å². The Hall–Kier alpha value is -2.32. The molecule has 2 aliphatic rings. The smallest absolute Gasteiger partial charge is 0.185 e. The van der Waals surface area contributed by atoms with Gasteiger partial charge in [0.25, 0.3) is 0 Å². The van der Waals surface area contributed by atoms with Crippen LogP contribution in [0.3, 0.4) is 0 Å². The van der Waals surface area contributed by atoms with Crippen molar-refractivity contribution in [3.8, 4) is 0 Å². The minimum Gasteiger partial charge on any atom is -0.294 e. The number of ketones is 2. The summed E-state index contributed by atoms with van der Waals surface area (Å²) in [6.07, 6.45) is 7.57. The summed E-state index contributed by atoms with van der Waals surface area (Å²) in [5.74, 6) is -0.887. The van der Waals surface area contributed by atoms with E-state index in [9.17, 15) is 26.4 Å². The van der Waals surface area contributed by atoms with Crippen LogP contribution in [0.25, 0.3) is 6.08 Å². The molecule has 1 aromatic carbocycles. The van der Waals surface area contributed by atoms with Crippen molar-refractivity contribution < 1.29 is 26.4 Å². The summed E-state index contributed by atoms with van der Waals surface area (Å²) >= 11 is 0. The van der Waals surface area contributed by atoms with Crippen molar-refractivity contribution in [3.05, 3.63) is 58.7 Å². The Bertz CT molecular complexity index is 1250. The van der Waals surface area contributed by atoms with Gasteiger partial charge in [-0.05, 0) is 49.1 Å². The molecular weight excluding hydrogens is 448 g/mol. The minimum atomic E-state index is -3.72. The monoisotopic (exact) mass is 476 g/mol. The van der Waals surface area contributed by atoms with Gasteiger partial charge >= 0.3 is 0 Å². The van der Waals surface area contributed by atoms with Gasteiger partial charge in [0.2, 0.25) is 0 Å². The highest BCUT2D eigenvalue weighted by Gasteiger charge is 2.39. The maximum atomic E-state index is 13.1. The van der Waals surface area contributed by atoms with Crippen LogP contribution in [0, 0.1) is 0 Å². The van der Waals surface area contributed by atoms with E-state index in [1.807, 2.05) is 6.92 Å². The molecule has 0 aromatic heterocycles. The van der Waals surface area contributed by atoms with Crippen molar-refractivity contribution in [2.75, 3.05) is 5.75 Å². The highest BCUT2D eigenvalue weighted by atomic mass is 32.2. The predicted molar refractivity (Wildman–Crippen MR) is 125 cm³/mol. The SMILES string of the molecule is CCCCS(=O)(=O)c1ccc2c(c1)CC(=O)C(C1=CC=CC(S(=O)(=O)C(C)CC)C1=O)=C2. The second-order valence-electron chi connectivity index (χ2n) is 8.25. The van der Waals surface area contributed by atoms with Crippen molar-refractivity contribution in [1.29, 1.82) is 0 Å². The fraction of sp³-hybridized carbons (Fsp3) is 0.417. The first-order valence-electron chi connectivity index (χ1n) is 10.8. The number of sulfone groups is 2. The topological polar surface area (TPSA) is 102 Å². The quantitative estimate of drug-likeness (QED) is 0.570. The molecule has 172 valence electrons. The molecule has 0 N–H and O–H groups in total. The summed E-state index contributed by atoms with van der Waals surface area (Å²) in [7, 11) is -7.15. The second kappa shape index (κ2) is 9.27. The van der Waals surface area contributed by atoms with Crippen LogP contribution in [-0.4, -0.2) is 44.7 Å². The lowest BCUT2D eigenvalue weighted by Crippen LogP contribution is -2.37. The third-order valence-corrected chi connectivity index (χ3v) is 10.4. The molecule has 2 aliphatic carbocycles. The molecule has 0 aliphatic heterocycles. The molecule has 0 bridgehead atoms. The zero-order valence-electron chi connectivity index (χ0n) is 18.5. The number of unbranched alkanes of at least 4 members (excludes halogenated alkanes) is 1. The zero-order valence-corrected chi connectivity index (χ0v) is 20.1. The number of hydrogen-bond acceptors (Lipinski definition) is 6. The third-order valence-electron chi connectivity index (χ3n) is 6.04. The van der Waals surface area contributed by atoms with Gasteiger partial charge in [-0.3, -0.25) is 9.59 Å². The van der Waals surface area contributed by atoms with E-state index in [4.69, 9.17) is 0 Å². The van der Waals surface area contributed by atoms with Gasteiger partial charge in [0.1, 0.15) is 5.25 Å². The van der Waals surface area contributed by atoms with Crippen LogP contribution in [0.5, 0.6) is 0 Å². The molecule has 0 spiro atoms. The third kappa shape index (κ3) is 4.57. The Morgan fingerprint density at radius 2 is 1.78 bits per heavy atom. The normalized spacial score (nSPS) is 19.9. The van der Waals surface area contributed by atoms with Crippen molar-refractivity contribution in [1.82, 2.24) is 0 Å². The van der Waals surface area contributed by atoms with Gasteiger partial charge in [0.05, 0.1) is 15.9 Å². The zero-order chi connectivity index (χ0) is 23.7. The van der Waals surface area contributed by atoms with E-state index in [2.05, 4.69) is 0 Å². The van der Waals surface area contributed by atoms with Gasteiger partial charge in [-0.1, -0.05) is 44.6 Å². The largest absolute Gasteiger partial charge is 0.294 e. The number of allylic oxidation sites excluding steroid dienone is 4. The van der Waals surface area contributed by atoms with Gasteiger partial charge in [-0.2, -0.15) is 0 Å². The first-order chi connectivity index (χ1) is 15.0. The van der Waals surface area contributed by atoms with Crippen LogP contribution < -0.4 is 0 Å². The number of rotatable bonds is 8. The standard InChI is InChI=1S/C24H28O6S2/c1-4-6-12-31(27,28)19-11-10-17-14-21(22(25)15-18(17)13-19)20-8-7-9-23(24(20)26)32(29,30)16(3)5-2/h7-11,13-14,16,23H,4-6,12,15H2,1-3H3. The van der Waals surface area contributed by atoms with E-state index in [-0.39, 0.29) is 34.0 Å². The molecule has 0 heterocycles. The van der Waals surface area contributed by atoms with E-state index >= 15 is 0 Å². The predicted octanol–water partition coefficient (Wildman–Crippen LogP) is 3.42. The molecule has 2 unspecified atom stereocenters. The van der Waals surface area contributed by atoms with Crippen LogP contribution >= 0.6 is 0 Å². The molecule has 2 atom stereocenters. The van der Waals surface area contributed by atoms with E-state index in [1.165, 1.54) is 30.4 Å². The first-order valence-corrected chi connectivity index (χ1v) is 14.1. The van der Waals surface area contributed by atoms with Gasteiger partial charge in [0.15, 0.2) is 31.2 Å². The molecule has 8 heteroatoms. The van der Waals surface area contributed by atoms with E-state index < -0.39 is 36.0 Å². The van der Waals surface area contributed by atoms with Gasteiger partial charge in [-0.25, -0.2) is 16.8 Å². The van der Waals surface area contributed by atoms with Gasteiger partial charge < -0.3 is 0 Å². The van der Waals surface area contributed by atoms with Crippen LogP contribution in [0.1, 0.15) is 51.2 Å². The summed E-state index contributed by atoms with van der Waals surface area (Å²) < 4.78 is 50.6. The Labute approximate surface area is 189 Å². The number of hydrogen-bond donors (Lipinski definition) is 0. The van der Waals surface area contributed by atoms with E-state index in [0.29, 0.717) is 24.0 Å². The molecule has 0 fully saturated rings. The fourth-order valence-electron chi connectivity index (χ4n) is 3.79. The Kier molecular flexibility index (Phi) is 7.05. The molecule has 0 amide bonds. The van der Waals surface area contributed by atoms with Crippen molar-refractivity contribution in [3.63, 3.8) is 0 Å².